The number of sulfonamides is 1. The topological polar surface area (TPSA) is 58.2 Å². The van der Waals surface area contributed by atoms with Crippen molar-refractivity contribution in [2.45, 2.75) is 45.6 Å². The Balaban J connectivity index is 2.39. The predicted molar refractivity (Wildman–Crippen MR) is 71.4 cm³/mol. The van der Waals surface area contributed by atoms with Crippen molar-refractivity contribution in [2.75, 3.05) is 19.3 Å². The van der Waals surface area contributed by atoms with E-state index in [0.717, 1.165) is 0 Å². The van der Waals surface area contributed by atoms with Gasteiger partial charge < -0.3 is 5.32 Å². The van der Waals surface area contributed by atoms with Crippen LogP contribution in [0.15, 0.2) is 0 Å². The minimum Gasteiger partial charge on any atom is -0.313 e. The van der Waals surface area contributed by atoms with Gasteiger partial charge in [0.25, 0.3) is 0 Å². The summed E-state index contributed by atoms with van der Waals surface area (Å²) in [6.45, 7) is 5.07. The predicted octanol–water partition coefficient (Wildman–Crippen LogP) is 1.34. The van der Waals surface area contributed by atoms with Crippen LogP contribution in [0, 0.1) is 11.8 Å². The molecule has 5 heteroatoms. The molecule has 0 aromatic heterocycles. The molecule has 4 nitrogen and oxygen atoms in total. The summed E-state index contributed by atoms with van der Waals surface area (Å²) in [6.07, 6.45) is 5.03. The second-order valence-corrected chi connectivity index (χ2v) is 7.32. The van der Waals surface area contributed by atoms with Crippen molar-refractivity contribution in [1.82, 2.24) is 10.0 Å². The maximum absolute atomic E-state index is 11.3. The van der Waals surface area contributed by atoms with Crippen molar-refractivity contribution in [3.8, 4) is 0 Å². The Morgan fingerprint density at radius 2 is 1.88 bits per heavy atom. The summed E-state index contributed by atoms with van der Waals surface area (Å²) in [4.78, 5) is 0. The first-order valence-corrected chi connectivity index (χ1v) is 8.26. The fraction of sp³-hybridized carbons (Fsp3) is 1.00. The van der Waals surface area contributed by atoms with Gasteiger partial charge in [0.05, 0.1) is 5.75 Å². The fourth-order valence-electron chi connectivity index (χ4n) is 2.69. The van der Waals surface area contributed by atoms with E-state index in [1.54, 1.807) is 0 Å². The highest BCUT2D eigenvalue weighted by Crippen LogP contribution is 2.29. The molecule has 0 radical (unpaired) electrons. The van der Waals surface area contributed by atoms with Gasteiger partial charge in [0.15, 0.2) is 0 Å². The highest BCUT2D eigenvalue weighted by molar-refractivity contribution is 7.89. The molecule has 0 aromatic carbocycles. The van der Waals surface area contributed by atoms with Gasteiger partial charge in [-0.25, -0.2) is 13.1 Å². The second kappa shape index (κ2) is 6.71. The molecular weight excluding hydrogens is 236 g/mol. The molecule has 2 N–H and O–H groups in total. The molecule has 2 atom stereocenters. The van der Waals surface area contributed by atoms with E-state index in [4.69, 9.17) is 0 Å². The third-order valence-corrected chi connectivity index (χ3v) is 5.13. The Hall–Kier alpha value is -0.130. The zero-order valence-electron chi connectivity index (χ0n) is 11.2. The van der Waals surface area contributed by atoms with Gasteiger partial charge in [-0.3, -0.25) is 0 Å². The summed E-state index contributed by atoms with van der Waals surface area (Å²) in [5, 5.41) is 3.42. The minimum atomic E-state index is -3.07. The van der Waals surface area contributed by atoms with Crippen LogP contribution in [0.4, 0.5) is 0 Å². The summed E-state index contributed by atoms with van der Waals surface area (Å²) < 4.78 is 25.0. The smallest absolute Gasteiger partial charge is 0.212 e. The Kier molecular flexibility index (Phi) is 5.89. The van der Waals surface area contributed by atoms with Crippen LogP contribution in [0.3, 0.4) is 0 Å². The van der Waals surface area contributed by atoms with Gasteiger partial charge in [0.2, 0.25) is 10.0 Å². The average Bonchev–Trinajstić information content (AvgIpc) is 2.29. The van der Waals surface area contributed by atoms with Gasteiger partial charge in [0.1, 0.15) is 0 Å². The first kappa shape index (κ1) is 14.9. The van der Waals surface area contributed by atoms with Crippen LogP contribution < -0.4 is 10.0 Å². The Morgan fingerprint density at radius 1 is 1.24 bits per heavy atom. The lowest BCUT2D eigenvalue weighted by atomic mass is 9.78. The Labute approximate surface area is 106 Å². The van der Waals surface area contributed by atoms with Crippen LogP contribution in [0.2, 0.25) is 0 Å². The van der Waals surface area contributed by atoms with Gasteiger partial charge in [-0.15, -0.1) is 0 Å². The van der Waals surface area contributed by atoms with Crippen molar-refractivity contribution >= 4 is 10.0 Å². The monoisotopic (exact) mass is 262 g/mol. The molecule has 1 aliphatic carbocycles. The van der Waals surface area contributed by atoms with Crippen LogP contribution in [-0.4, -0.2) is 33.8 Å². The number of rotatable bonds is 6. The van der Waals surface area contributed by atoms with E-state index in [2.05, 4.69) is 23.9 Å². The molecule has 17 heavy (non-hydrogen) atoms. The van der Waals surface area contributed by atoms with Crippen LogP contribution in [0.1, 0.15) is 39.5 Å². The summed E-state index contributed by atoms with van der Waals surface area (Å²) >= 11 is 0. The molecule has 0 heterocycles. The maximum Gasteiger partial charge on any atom is 0.212 e. The largest absolute Gasteiger partial charge is 0.313 e. The highest BCUT2D eigenvalue weighted by Gasteiger charge is 2.27. The van der Waals surface area contributed by atoms with Crippen molar-refractivity contribution in [1.29, 1.82) is 0 Å². The summed E-state index contributed by atoms with van der Waals surface area (Å²) in [6, 6.07) is 0.496. The minimum absolute atomic E-state index is 0.171. The summed E-state index contributed by atoms with van der Waals surface area (Å²) in [5.74, 6) is 1.54. The zero-order valence-corrected chi connectivity index (χ0v) is 12.0. The van der Waals surface area contributed by atoms with Gasteiger partial charge >= 0.3 is 0 Å². The van der Waals surface area contributed by atoms with E-state index in [0.29, 0.717) is 24.4 Å². The van der Waals surface area contributed by atoms with Crippen LogP contribution in [0.25, 0.3) is 0 Å². The average molecular weight is 262 g/mol. The van der Waals surface area contributed by atoms with Crippen molar-refractivity contribution in [3.63, 3.8) is 0 Å². The lowest BCUT2D eigenvalue weighted by Gasteiger charge is -2.35. The Morgan fingerprint density at radius 3 is 2.47 bits per heavy atom. The van der Waals surface area contributed by atoms with E-state index in [-0.39, 0.29) is 5.75 Å². The van der Waals surface area contributed by atoms with Gasteiger partial charge in [-0.1, -0.05) is 26.7 Å². The van der Waals surface area contributed by atoms with Crippen LogP contribution in [-0.2, 0) is 10.0 Å². The van der Waals surface area contributed by atoms with Crippen LogP contribution in [0.5, 0.6) is 0 Å². The van der Waals surface area contributed by atoms with E-state index in [9.17, 15) is 8.42 Å². The first-order valence-electron chi connectivity index (χ1n) is 6.61. The normalized spacial score (nSPS) is 26.4. The molecule has 1 aliphatic rings. The first-order chi connectivity index (χ1) is 7.96. The van der Waals surface area contributed by atoms with E-state index in [1.807, 2.05) is 0 Å². The van der Waals surface area contributed by atoms with E-state index < -0.39 is 10.0 Å². The van der Waals surface area contributed by atoms with Gasteiger partial charge in [-0.05, 0) is 31.7 Å². The van der Waals surface area contributed by atoms with Crippen molar-refractivity contribution in [2.24, 2.45) is 11.8 Å². The molecule has 0 saturated heterocycles. The third kappa shape index (κ3) is 4.94. The molecule has 0 amide bonds. The summed E-state index contributed by atoms with van der Waals surface area (Å²) in [5.41, 5.74) is 0. The van der Waals surface area contributed by atoms with Crippen LogP contribution >= 0.6 is 0 Å². The molecule has 102 valence electrons. The zero-order chi connectivity index (χ0) is 12.9. The molecule has 2 unspecified atom stereocenters. The fourth-order valence-corrected chi connectivity index (χ4v) is 3.28. The maximum atomic E-state index is 11.3. The number of hydrogen-bond donors (Lipinski definition) is 2. The standard InChI is InChI=1S/C12H26N2O2S/c1-10(2)11-6-4-5-7-12(11)14-8-9-17(15,16)13-3/h10-14H,4-9H2,1-3H3. The molecule has 1 fully saturated rings. The summed E-state index contributed by atoms with van der Waals surface area (Å²) in [7, 11) is -1.61. The van der Waals surface area contributed by atoms with E-state index >= 15 is 0 Å². The van der Waals surface area contributed by atoms with Gasteiger partial charge in [0, 0.05) is 12.6 Å². The number of hydrogen-bond acceptors (Lipinski definition) is 3. The molecule has 1 saturated carbocycles. The van der Waals surface area contributed by atoms with E-state index in [1.165, 1.54) is 32.7 Å². The SMILES string of the molecule is CNS(=O)(=O)CCNC1CCCCC1C(C)C. The molecule has 0 aromatic rings. The molecule has 0 bridgehead atoms. The molecular formula is C12H26N2O2S. The third-order valence-electron chi connectivity index (χ3n) is 3.76. The highest BCUT2D eigenvalue weighted by atomic mass is 32.2. The molecule has 1 rings (SSSR count). The molecule has 0 aliphatic heterocycles. The lowest BCUT2D eigenvalue weighted by Crippen LogP contribution is -2.43. The van der Waals surface area contributed by atoms with Crippen molar-refractivity contribution in [3.05, 3.63) is 0 Å². The molecule has 0 spiro atoms. The Bertz CT molecular complexity index is 314. The number of nitrogens with one attached hydrogen (secondary N) is 2. The second-order valence-electron chi connectivity index (χ2n) is 5.28. The quantitative estimate of drug-likeness (QED) is 0.759. The lowest BCUT2D eigenvalue weighted by molar-refractivity contribution is 0.208. The van der Waals surface area contributed by atoms with Gasteiger partial charge in [-0.2, -0.15) is 0 Å². The van der Waals surface area contributed by atoms with Crippen molar-refractivity contribution < 1.29 is 8.42 Å².